The lowest BCUT2D eigenvalue weighted by Gasteiger charge is -2.37. The van der Waals surface area contributed by atoms with Crippen LogP contribution in [0.1, 0.15) is 0 Å². The topological polar surface area (TPSA) is 333 Å². The van der Waals surface area contributed by atoms with E-state index in [2.05, 4.69) is 9.47 Å². The van der Waals surface area contributed by atoms with Gasteiger partial charge >= 0.3 is 0 Å². The van der Waals surface area contributed by atoms with Crippen LogP contribution in [0.5, 0.6) is 0 Å². The van der Waals surface area contributed by atoms with Crippen molar-refractivity contribution in [1.82, 2.24) is 0 Å². The lowest BCUT2D eigenvalue weighted by Crippen LogP contribution is -2.58. The van der Waals surface area contributed by atoms with E-state index >= 15 is 0 Å². The lowest BCUT2D eigenvalue weighted by atomic mass is 10.00. The Morgan fingerprint density at radius 1 is 0.655 bits per heavy atom. The predicted molar refractivity (Wildman–Crippen MR) is 86.1 cm³/mol. The van der Waals surface area contributed by atoms with Crippen LogP contribution in [0.25, 0.3) is 0 Å². The summed E-state index contributed by atoms with van der Waals surface area (Å²) in [7, 11) is 0. The van der Waals surface area contributed by atoms with E-state index < -0.39 is 74.6 Å². The third kappa shape index (κ3) is 8.53. The van der Waals surface area contributed by atoms with E-state index in [4.69, 9.17) is 67.0 Å². The number of hydrogen-bond donors (Lipinski definition) is 14. The molecule has 17 nitrogen and oxygen atoms in total. The third-order valence-corrected chi connectivity index (χ3v) is 3.80. The van der Waals surface area contributed by atoms with Crippen LogP contribution in [0.3, 0.4) is 0 Å². The maximum Gasteiger partial charge on any atom is 0.219 e. The zero-order valence-corrected chi connectivity index (χ0v) is 14.8. The molecule has 16 N–H and O–H groups in total. The van der Waals surface area contributed by atoms with Gasteiger partial charge in [0.05, 0.1) is 19.8 Å². The van der Waals surface area contributed by atoms with Gasteiger partial charge in [0.1, 0.15) is 42.7 Å². The summed E-state index contributed by atoms with van der Waals surface area (Å²) in [4.78, 5) is 0. The van der Waals surface area contributed by atoms with Crippen LogP contribution in [-0.2, 0) is 9.47 Å². The number of hydrogen-bond acceptors (Lipinski definition) is 16. The van der Waals surface area contributed by atoms with Gasteiger partial charge in [0.25, 0.3) is 0 Å². The minimum Gasteiger partial charge on any atom is -0.412 e. The summed E-state index contributed by atoms with van der Waals surface area (Å²) >= 11 is 0. The van der Waals surface area contributed by atoms with Gasteiger partial charge in [-0.2, -0.15) is 0 Å². The molecule has 17 heteroatoms. The molecular formula is C12H30O17. The largest absolute Gasteiger partial charge is 0.412 e. The van der Waals surface area contributed by atoms with Gasteiger partial charge in [-0.3, -0.25) is 21.0 Å². The Hall–Kier alpha value is -0.680. The predicted octanol–water partition coefficient (Wildman–Crippen LogP) is -7.23. The molecule has 2 fully saturated rings. The second-order valence-electron chi connectivity index (χ2n) is 5.50. The molecule has 180 valence electrons. The molecule has 0 aromatic rings. The highest BCUT2D eigenvalue weighted by atomic mass is 17.0. The minimum absolute atomic E-state index is 0. The van der Waals surface area contributed by atoms with E-state index in [-0.39, 0.29) is 5.48 Å². The molecule has 0 aliphatic carbocycles. The van der Waals surface area contributed by atoms with Gasteiger partial charge in [0, 0.05) is 0 Å². The highest BCUT2D eigenvalue weighted by molar-refractivity contribution is 4.94. The Kier molecular flexibility index (Phi) is 18.3. The molecule has 29 heavy (non-hydrogen) atoms. The molecule has 0 amide bonds. The molecule has 2 heterocycles. The van der Waals surface area contributed by atoms with Crippen molar-refractivity contribution in [3.8, 4) is 0 Å². The molecule has 0 spiro atoms. The molecular weight excluding hydrogens is 416 g/mol. The van der Waals surface area contributed by atoms with E-state index in [1.165, 1.54) is 0 Å². The monoisotopic (exact) mass is 446 g/mol. The number of ether oxygens (including phenoxy) is 2. The molecule has 0 aromatic heterocycles. The van der Waals surface area contributed by atoms with Crippen LogP contribution >= 0.6 is 0 Å². The minimum atomic E-state index is -2.16. The van der Waals surface area contributed by atoms with Crippen LogP contribution in [0, 0.1) is 0 Å². The standard InChI is InChI=1S/2C6H12O6.2H2O2.H2O/c7-1-3-4(9)5(10)6(11,2-8)12-3;7-1-2-3(8)4(9)5(10)6(11)12-2;2*1-2;/h3-5,7-11H,1-2H2;2-11H,1H2;2*1-2H;1H2/t3-,4?,5-,6-;2?,3-,4-,5?,6+;;;/m11.../s1. The van der Waals surface area contributed by atoms with Gasteiger partial charge < -0.3 is 66.0 Å². The summed E-state index contributed by atoms with van der Waals surface area (Å²) in [5.41, 5.74) is 0. The van der Waals surface area contributed by atoms with Crippen LogP contribution in [0.2, 0.25) is 0 Å². The summed E-state index contributed by atoms with van der Waals surface area (Å²) in [6, 6.07) is 0. The first-order chi connectivity index (χ1) is 13.1. The third-order valence-electron chi connectivity index (χ3n) is 3.80. The summed E-state index contributed by atoms with van der Waals surface area (Å²) in [5.74, 6) is -2.16. The first-order valence-electron chi connectivity index (χ1n) is 7.49. The van der Waals surface area contributed by atoms with Crippen molar-refractivity contribution < 1.29 is 87.0 Å². The molecule has 3 unspecified atom stereocenters. The van der Waals surface area contributed by atoms with Crippen molar-refractivity contribution in [2.24, 2.45) is 0 Å². The number of aliphatic hydroxyl groups is 10. The van der Waals surface area contributed by atoms with Crippen LogP contribution in [0.15, 0.2) is 0 Å². The Morgan fingerprint density at radius 2 is 1.10 bits per heavy atom. The van der Waals surface area contributed by atoms with Crippen molar-refractivity contribution in [3.63, 3.8) is 0 Å². The van der Waals surface area contributed by atoms with Gasteiger partial charge in [0.2, 0.25) is 5.79 Å². The Morgan fingerprint density at radius 3 is 1.41 bits per heavy atom. The van der Waals surface area contributed by atoms with Gasteiger partial charge in [0.15, 0.2) is 6.29 Å². The molecule has 0 aromatic carbocycles. The van der Waals surface area contributed by atoms with Gasteiger partial charge in [-0.05, 0) is 0 Å². The molecule has 9 atom stereocenters. The van der Waals surface area contributed by atoms with Crippen molar-refractivity contribution >= 4 is 0 Å². The first-order valence-corrected chi connectivity index (χ1v) is 7.49. The smallest absolute Gasteiger partial charge is 0.219 e. The van der Waals surface area contributed by atoms with E-state index in [1.54, 1.807) is 0 Å². The zero-order chi connectivity index (χ0) is 22.7. The summed E-state index contributed by atoms with van der Waals surface area (Å²) in [6.45, 7) is -1.88. The summed E-state index contributed by atoms with van der Waals surface area (Å²) in [5, 5.41) is 113. The van der Waals surface area contributed by atoms with Crippen molar-refractivity contribution in [1.29, 1.82) is 0 Å². The molecule has 0 bridgehead atoms. The average Bonchev–Trinajstić information content (AvgIpc) is 2.96. The lowest BCUT2D eigenvalue weighted by molar-refractivity contribution is -0.286. The van der Waals surface area contributed by atoms with E-state index in [1.807, 2.05) is 0 Å². The van der Waals surface area contributed by atoms with Crippen LogP contribution in [-0.4, -0.2) is 152 Å². The highest BCUT2D eigenvalue weighted by Crippen LogP contribution is 2.28. The molecule has 0 saturated carbocycles. The fraction of sp³-hybridized carbons (Fsp3) is 1.00. The van der Waals surface area contributed by atoms with E-state index in [9.17, 15) is 5.11 Å². The fourth-order valence-corrected chi connectivity index (χ4v) is 2.23. The maximum atomic E-state index is 9.25. The highest BCUT2D eigenvalue weighted by Gasteiger charge is 2.52. The second kappa shape index (κ2) is 16.1. The second-order valence-corrected chi connectivity index (χ2v) is 5.50. The van der Waals surface area contributed by atoms with Gasteiger partial charge in [-0.15, -0.1) is 0 Å². The first kappa shape index (κ1) is 33.0. The van der Waals surface area contributed by atoms with Crippen LogP contribution < -0.4 is 0 Å². The number of aliphatic hydroxyl groups excluding tert-OH is 9. The average molecular weight is 446 g/mol. The van der Waals surface area contributed by atoms with Crippen molar-refractivity contribution in [3.05, 3.63) is 0 Å². The number of rotatable bonds is 3. The normalized spacial score (nSPS) is 40.8. The molecule has 2 rings (SSSR count). The Bertz CT molecular complexity index is 375. The molecule has 0 radical (unpaired) electrons. The quantitative estimate of drug-likeness (QED) is 0.141. The van der Waals surface area contributed by atoms with Crippen molar-refractivity contribution in [2.75, 3.05) is 19.8 Å². The van der Waals surface area contributed by atoms with E-state index in [0.717, 1.165) is 0 Å². The fourth-order valence-electron chi connectivity index (χ4n) is 2.23. The van der Waals surface area contributed by atoms with Gasteiger partial charge in [-0.1, -0.05) is 0 Å². The molecule has 2 aliphatic rings. The zero-order valence-electron chi connectivity index (χ0n) is 14.8. The van der Waals surface area contributed by atoms with E-state index in [0.29, 0.717) is 0 Å². The summed E-state index contributed by atoms with van der Waals surface area (Å²) in [6.07, 6.45) is -11.1. The SMILES string of the molecule is O.OCC1O[C@H](O)C(O)[C@H](O)[C@@H]1O.OC[C@H]1O[C@](O)(CO)[C@H](O)C1O.OO.OO. The van der Waals surface area contributed by atoms with Crippen LogP contribution in [0.4, 0.5) is 0 Å². The molecule has 2 aliphatic heterocycles. The molecule has 2 saturated heterocycles. The Balaban J connectivity index is -0.000000386. The Labute approximate surface area is 162 Å². The van der Waals surface area contributed by atoms with Crippen molar-refractivity contribution in [2.45, 2.75) is 54.8 Å². The van der Waals surface area contributed by atoms with Gasteiger partial charge in [-0.25, -0.2) is 0 Å². The maximum absolute atomic E-state index is 9.25. The summed E-state index contributed by atoms with van der Waals surface area (Å²) < 4.78 is 9.20.